The number of aliphatic hydroxyl groups is 1. The lowest BCUT2D eigenvalue weighted by atomic mass is 9.75. The molecule has 0 aromatic rings. The Bertz CT molecular complexity index is 235. The van der Waals surface area contributed by atoms with Crippen molar-refractivity contribution in [3.63, 3.8) is 0 Å². The highest BCUT2D eigenvalue weighted by Crippen LogP contribution is 2.35. The summed E-state index contributed by atoms with van der Waals surface area (Å²) in [5, 5.41) is 9.17. The van der Waals surface area contributed by atoms with Gasteiger partial charge in [0, 0.05) is 0 Å². The van der Waals surface area contributed by atoms with E-state index < -0.39 is 12.1 Å². The minimum absolute atomic E-state index is 0.00847. The first kappa shape index (κ1) is 13.5. The molecule has 0 spiro atoms. The van der Waals surface area contributed by atoms with Crippen molar-refractivity contribution < 1.29 is 14.6 Å². The second kappa shape index (κ2) is 5.67. The standard InChI is InChI=1S/C13H24O3/c1-8(2)11-6-5-9(3)7-12(11)16-13(15)10(4)14/h8-12,14H,5-7H2,1-4H3/t9-,10+,11+,12+/m0/s1. The molecule has 3 nitrogen and oxygen atoms in total. The number of ether oxygens (including phenoxy) is 1. The molecule has 1 aliphatic rings. The van der Waals surface area contributed by atoms with E-state index in [1.165, 1.54) is 13.3 Å². The first-order valence-corrected chi connectivity index (χ1v) is 6.30. The maximum atomic E-state index is 11.4. The van der Waals surface area contributed by atoms with E-state index >= 15 is 0 Å². The summed E-state index contributed by atoms with van der Waals surface area (Å²) in [5.74, 6) is 1.10. The smallest absolute Gasteiger partial charge is 0.334 e. The van der Waals surface area contributed by atoms with Crippen molar-refractivity contribution in [3.8, 4) is 0 Å². The summed E-state index contributed by atoms with van der Waals surface area (Å²) in [4.78, 5) is 11.4. The molecule has 0 aliphatic heterocycles. The number of esters is 1. The minimum Gasteiger partial charge on any atom is -0.460 e. The number of rotatable bonds is 3. The predicted molar refractivity (Wildman–Crippen MR) is 62.9 cm³/mol. The summed E-state index contributed by atoms with van der Waals surface area (Å²) in [6.45, 7) is 7.99. The van der Waals surface area contributed by atoms with Crippen LogP contribution in [0.15, 0.2) is 0 Å². The summed E-state index contributed by atoms with van der Waals surface area (Å²) < 4.78 is 5.41. The van der Waals surface area contributed by atoms with E-state index in [2.05, 4.69) is 20.8 Å². The second-order valence-electron chi connectivity index (χ2n) is 5.48. The van der Waals surface area contributed by atoms with Gasteiger partial charge in [-0.3, -0.25) is 0 Å². The normalized spacial score (nSPS) is 32.5. The molecule has 0 radical (unpaired) electrons. The molecule has 1 N–H and O–H groups in total. The van der Waals surface area contributed by atoms with Crippen LogP contribution in [-0.4, -0.2) is 23.3 Å². The molecular formula is C13H24O3. The first-order chi connectivity index (χ1) is 7.41. The van der Waals surface area contributed by atoms with Crippen molar-refractivity contribution in [3.05, 3.63) is 0 Å². The van der Waals surface area contributed by atoms with Gasteiger partial charge in [0.25, 0.3) is 0 Å². The van der Waals surface area contributed by atoms with Gasteiger partial charge in [-0.25, -0.2) is 4.79 Å². The first-order valence-electron chi connectivity index (χ1n) is 6.30. The van der Waals surface area contributed by atoms with Crippen LogP contribution in [0.25, 0.3) is 0 Å². The lowest BCUT2D eigenvalue weighted by Gasteiger charge is -2.36. The van der Waals surface area contributed by atoms with E-state index in [0.717, 1.165) is 12.8 Å². The van der Waals surface area contributed by atoms with Gasteiger partial charge in [-0.05, 0) is 37.5 Å². The Morgan fingerprint density at radius 2 is 1.94 bits per heavy atom. The van der Waals surface area contributed by atoms with Gasteiger partial charge in [0.15, 0.2) is 0 Å². The molecule has 0 saturated heterocycles. The predicted octanol–water partition coefficient (Wildman–Crippen LogP) is 2.37. The fraction of sp³-hybridized carbons (Fsp3) is 0.923. The third-order valence-electron chi connectivity index (χ3n) is 3.57. The lowest BCUT2D eigenvalue weighted by Crippen LogP contribution is -2.37. The summed E-state index contributed by atoms with van der Waals surface area (Å²) in [5.41, 5.74) is 0. The summed E-state index contributed by atoms with van der Waals surface area (Å²) in [7, 11) is 0. The summed E-state index contributed by atoms with van der Waals surface area (Å²) in [6.07, 6.45) is 2.25. The average Bonchev–Trinajstić information content (AvgIpc) is 2.16. The molecule has 0 unspecified atom stereocenters. The van der Waals surface area contributed by atoms with Crippen LogP contribution in [0.3, 0.4) is 0 Å². The van der Waals surface area contributed by atoms with E-state index in [4.69, 9.17) is 9.84 Å². The fourth-order valence-electron chi connectivity index (χ4n) is 2.50. The molecule has 0 amide bonds. The minimum atomic E-state index is -1.01. The Morgan fingerprint density at radius 3 is 2.44 bits per heavy atom. The zero-order valence-electron chi connectivity index (χ0n) is 10.8. The highest BCUT2D eigenvalue weighted by Gasteiger charge is 2.33. The molecule has 3 heteroatoms. The Hall–Kier alpha value is -0.570. The molecule has 1 fully saturated rings. The van der Waals surface area contributed by atoms with Gasteiger partial charge >= 0.3 is 5.97 Å². The van der Waals surface area contributed by atoms with E-state index in [-0.39, 0.29) is 6.10 Å². The van der Waals surface area contributed by atoms with Crippen molar-refractivity contribution in [2.45, 2.75) is 59.2 Å². The number of carbonyl (C=O) groups excluding carboxylic acids is 1. The number of aliphatic hydroxyl groups excluding tert-OH is 1. The van der Waals surface area contributed by atoms with Crippen LogP contribution in [0.1, 0.15) is 47.0 Å². The molecule has 0 aromatic carbocycles. The third-order valence-corrected chi connectivity index (χ3v) is 3.57. The highest BCUT2D eigenvalue weighted by atomic mass is 16.6. The Labute approximate surface area is 98.2 Å². The van der Waals surface area contributed by atoms with Crippen molar-refractivity contribution in [2.75, 3.05) is 0 Å². The fourth-order valence-corrected chi connectivity index (χ4v) is 2.50. The molecule has 1 rings (SSSR count). The topological polar surface area (TPSA) is 46.5 Å². The van der Waals surface area contributed by atoms with Gasteiger partial charge < -0.3 is 9.84 Å². The third kappa shape index (κ3) is 3.48. The van der Waals surface area contributed by atoms with Crippen LogP contribution >= 0.6 is 0 Å². The van der Waals surface area contributed by atoms with Crippen LogP contribution in [0.4, 0.5) is 0 Å². The van der Waals surface area contributed by atoms with Gasteiger partial charge in [0.05, 0.1) is 0 Å². The SMILES string of the molecule is CC(C)[C@H]1CC[C@H](C)C[C@H]1OC(=O)[C@@H](C)O. The van der Waals surface area contributed by atoms with Gasteiger partial charge in [-0.2, -0.15) is 0 Å². The van der Waals surface area contributed by atoms with Gasteiger partial charge in [0.2, 0.25) is 0 Å². The number of hydrogen-bond acceptors (Lipinski definition) is 3. The summed E-state index contributed by atoms with van der Waals surface area (Å²) in [6, 6.07) is 0. The largest absolute Gasteiger partial charge is 0.460 e. The van der Waals surface area contributed by atoms with Crippen LogP contribution in [-0.2, 0) is 9.53 Å². The molecule has 0 bridgehead atoms. The average molecular weight is 228 g/mol. The van der Waals surface area contributed by atoms with E-state index in [1.807, 2.05) is 0 Å². The van der Waals surface area contributed by atoms with Crippen molar-refractivity contribution >= 4 is 5.97 Å². The van der Waals surface area contributed by atoms with Crippen molar-refractivity contribution in [1.82, 2.24) is 0 Å². The van der Waals surface area contributed by atoms with Crippen LogP contribution < -0.4 is 0 Å². The van der Waals surface area contributed by atoms with Crippen LogP contribution in [0.2, 0.25) is 0 Å². The Morgan fingerprint density at radius 1 is 1.31 bits per heavy atom. The van der Waals surface area contributed by atoms with Crippen LogP contribution in [0, 0.1) is 17.8 Å². The molecule has 4 atom stereocenters. The Kier molecular flexibility index (Phi) is 4.78. The van der Waals surface area contributed by atoms with E-state index in [1.54, 1.807) is 0 Å². The molecule has 1 saturated carbocycles. The number of hydrogen-bond donors (Lipinski definition) is 1. The van der Waals surface area contributed by atoms with E-state index in [9.17, 15) is 4.79 Å². The van der Waals surface area contributed by atoms with Crippen molar-refractivity contribution in [2.24, 2.45) is 17.8 Å². The highest BCUT2D eigenvalue weighted by molar-refractivity contribution is 5.74. The monoisotopic (exact) mass is 228 g/mol. The quantitative estimate of drug-likeness (QED) is 0.754. The van der Waals surface area contributed by atoms with Gasteiger partial charge in [-0.1, -0.05) is 27.2 Å². The van der Waals surface area contributed by atoms with Gasteiger partial charge in [0.1, 0.15) is 12.2 Å². The second-order valence-corrected chi connectivity index (χ2v) is 5.48. The zero-order chi connectivity index (χ0) is 12.3. The molecule has 0 heterocycles. The Balaban J connectivity index is 2.61. The zero-order valence-corrected chi connectivity index (χ0v) is 10.8. The van der Waals surface area contributed by atoms with E-state index in [0.29, 0.717) is 17.8 Å². The molecule has 94 valence electrons. The van der Waals surface area contributed by atoms with Crippen LogP contribution in [0.5, 0.6) is 0 Å². The number of carbonyl (C=O) groups is 1. The van der Waals surface area contributed by atoms with Crippen molar-refractivity contribution in [1.29, 1.82) is 0 Å². The molecule has 1 aliphatic carbocycles. The molecular weight excluding hydrogens is 204 g/mol. The van der Waals surface area contributed by atoms with Gasteiger partial charge in [-0.15, -0.1) is 0 Å². The lowest BCUT2D eigenvalue weighted by molar-refractivity contribution is -0.164. The maximum absolute atomic E-state index is 11.4. The molecule has 16 heavy (non-hydrogen) atoms. The molecule has 0 aromatic heterocycles. The maximum Gasteiger partial charge on any atom is 0.334 e. The summed E-state index contributed by atoms with van der Waals surface area (Å²) >= 11 is 0.